The van der Waals surface area contributed by atoms with Crippen LogP contribution in [0.2, 0.25) is 0 Å². The fraction of sp³-hybridized carbons (Fsp3) is 0.167. The Morgan fingerprint density at radius 1 is 0.757 bits per heavy atom. The van der Waals surface area contributed by atoms with Gasteiger partial charge in [-0.3, -0.25) is 9.69 Å². The Labute approximate surface area is 203 Å². The molecular weight excluding hydrogens is 516 g/mol. The van der Waals surface area contributed by atoms with Crippen molar-refractivity contribution in [3.8, 4) is 11.5 Å². The summed E-state index contributed by atoms with van der Waals surface area (Å²) >= 11 is 0. The van der Waals surface area contributed by atoms with Gasteiger partial charge in [-0.25, -0.2) is 13.8 Å². The zero-order valence-electron chi connectivity index (χ0n) is 18.3. The Balaban J connectivity index is 1.68. The number of hydrogen-bond donors (Lipinski definition) is 0. The van der Waals surface area contributed by atoms with E-state index >= 15 is 0 Å². The maximum Gasteiger partial charge on any atom is 0.573 e. The number of benzene rings is 3. The third-order valence-electron chi connectivity index (χ3n) is 5.18. The Hall–Kier alpha value is -4.16. The number of amides is 1. The Morgan fingerprint density at radius 2 is 1.30 bits per heavy atom. The molecule has 0 radical (unpaired) electrons. The van der Waals surface area contributed by atoms with Gasteiger partial charge in [0, 0.05) is 12.1 Å². The lowest BCUT2D eigenvalue weighted by molar-refractivity contribution is -0.275. The van der Waals surface area contributed by atoms with Gasteiger partial charge in [-0.2, -0.15) is 0 Å². The predicted octanol–water partition coefficient (Wildman–Crippen LogP) is 7.01. The van der Waals surface area contributed by atoms with Crippen molar-refractivity contribution in [2.24, 2.45) is 4.99 Å². The summed E-state index contributed by atoms with van der Waals surface area (Å²) in [5.74, 6) is -4.04. The third kappa shape index (κ3) is 6.35. The highest BCUT2D eigenvalue weighted by Crippen LogP contribution is 2.38. The summed E-state index contributed by atoms with van der Waals surface area (Å²) in [6, 6.07) is 10.7. The molecule has 1 aliphatic heterocycles. The molecule has 0 aliphatic carbocycles. The number of alkyl halides is 6. The fourth-order valence-corrected chi connectivity index (χ4v) is 3.71. The molecule has 5 nitrogen and oxygen atoms in total. The molecular formula is C24H14F8N2O3. The number of aliphatic imine (C=N–C) groups is 1. The van der Waals surface area contributed by atoms with Crippen molar-refractivity contribution in [3.63, 3.8) is 0 Å². The van der Waals surface area contributed by atoms with Crippen molar-refractivity contribution < 1.29 is 49.4 Å². The first-order valence-corrected chi connectivity index (χ1v) is 10.4. The van der Waals surface area contributed by atoms with E-state index in [1.54, 1.807) is 0 Å². The van der Waals surface area contributed by atoms with Crippen molar-refractivity contribution in [2.75, 3.05) is 4.90 Å². The standard InChI is InChI=1S/C24H14F8N2O3/c25-18-10-1-13(11-19(18)26)21-12-20(33-14-2-6-16(7-3-14)36-23(27,28)29)22(35)34(21)15-4-8-17(9-5-15)37-24(30,31)32/h1-11,21H,12H2. The first kappa shape index (κ1) is 25.9. The summed E-state index contributed by atoms with van der Waals surface area (Å²) in [5.41, 5.74) is 0.336. The topological polar surface area (TPSA) is 51.1 Å². The normalized spacial score (nSPS) is 17.4. The van der Waals surface area contributed by atoms with E-state index < -0.39 is 47.8 Å². The number of ether oxygens (including phenoxy) is 2. The monoisotopic (exact) mass is 530 g/mol. The van der Waals surface area contributed by atoms with Crippen LogP contribution in [0.5, 0.6) is 11.5 Å². The maximum atomic E-state index is 13.9. The van der Waals surface area contributed by atoms with Gasteiger partial charge in [0.2, 0.25) is 0 Å². The van der Waals surface area contributed by atoms with E-state index in [4.69, 9.17) is 0 Å². The maximum absolute atomic E-state index is 13.9. The smallest absolute Gasteiger partial charge is 0.406 e. The van der Waals surface area contributed by atoms with Crippen LogP contribution < -0.4 is 14.4 Å². The van der Waals surface area contributed by atoms with Crippen molar-refractivity contribution in [2.45, 2.75) is 25.2 Å². The van der Waals surface area contributed by atoms with E-state index in [0.29, 0.717) is 0 Å². The molecule has 1 fully saturated rings. The molecule has 0 spiro atoms. The quantitative estimate of drug-likeness (QED) is 0.334. The van der Waals surface area contributed by atoms with Crippen molar-refractivity contribution in [3.05, 3.63) is 83.9 Å². The number of nitrogens with zero attached hydrogens (tertiary/aromatic N) is 2. The van der Waals surface area contributed by atoms with Gasteiger partial charge in [0.05, 0.1) is 11.7 Å². The minimum Gasteiger partial charge on any atom is -0.406 e. The van der Waals surface area contributed by atoms with Crippen LogP contribution in [0.25, 0.3) is 0 Å². The van der Waals surface area contributed by atoms with E-state index in [-0.39, 0.29) is 29.1 Å². The van der Waals surface area contributed by atoms with Gasteiger partial charge >= 0.3 is 12.7 Å². The second-order valence-corrected chi connectivity index (χ2v) is 7.71. The van der Waals surface area contributed by atoms with Gasteiger partial charge in [-0.15, -0.1) is 26.3 Å². The molecule has 0 bridgehead atoms. The minimum atomic E-state index is -4.93. The van der Waals surface area contributed by atoms with Gasteiger partial charge in [0.1, 0.15) is 17.2 Å². The molecule has 13 heteroatoms. The lowest BCUT2D eigenvalue weighted by Crippen LogP contribution is -2.29. The summed E-state index contributed by atoms with van der Waals surface area (Å²) in [7, 11) is 0. The molecule has 3 aromatic carbocycles. The number of rotatable bonds is 5. The van der Waals surface area contributed by atoms with Crippen molar-refractivity contribution in [1.82, 2.24) is 0 Å². The second kappa shape index (κ2) is 9.71. The van der Waals surface area contributed by atoms with Crippen LogP contribution in [0.4, 0.5) is 46.5 Å². The summed E-state index contributed by atoms with van der Waals surface area (Å²) < 4.78 is 110. The Morgan fingerprint density at radius 3 is 1.81 bits per heavy atom. The van der Waals surface area contributed by atoms with E-state index in [1.165, 1.54) is 30.3 Å². The SMILES string of the molecule is O=C1C(=Nc2ccc(OC(F)(F)F)cc2)CC(c2ccc(F)c(F)c2)N1c1ccc(OC(F)(F)F)cc1. The van der Waals surface area contributed by atoms with Crippen LogP contribution in [-0.2, 0) is 4.79 Å². The van der Waals surface area contributed by atoms with Crippen molar-refractivity contribution >= 4 is 23.0 Å². The number of carbonyl (C=O) groups excluding carboxylic acids is 1. The van der Waals surface area contributed by atoms with Crippen LogP contribution in [0.1, 0.15) is 18.0 Å². The predicted molar refractivity (Wildman–Crippen MR) is 115 cm³/mol. The van der Waals surface area contributed by atoms with Gasteiger partial charge in [0.25, 0.3) is 5.91 Å². The molecule has 194 valence electrons. The van der Waals surface area contributed by atoms with Gasteiger partial charge in [-0.1, -0.05) is 6.07 Å². The molecule has 1 atom stereocenters. The van der Waals surface area contributed by atoms with E-state index in [0.717, 1.165) is 41.3 Å². The largest absolute Gasteiger partial charge is 0.573 e. The molecule has 1 saturated heterocycles. The Bertz CT molecular complexity index is 1320. The van der Waals surface area contributed by atoms with Gasteiger partial charge in [-0.05, 0) is 66.2 Å². The lowest BCUT2D eigenvalue weighted by atomic mass is 10.0. The summed E-state index contributed by atoms with van der Waals surface area (Å²) in [6.45, 7) is 0. The summed E-state index contributed by atoms with van der Waals surface area (Å²) in [6.07, 6.45) is -9.95. The molecule has 4 rings (SSSR count). The van der Waals surface area contributed by atoms with Crippen molar-refractivity contribution in [1.29, 1.82) is 0 Å². The number of halogens is 8. The average Bonchev–Trinajstić information content (AvgIpc) is 3.11. The van der Waals surface area contributed by atoms with Crippen LogP contribution in [0.3, 0.4) is 0 Å². The third-order valence-corrected chi connectivity index (χ3v) is 5.18. The van der Waals surface area contributed by atoms with Crippen LogP contribution >= 0.6 is 0 Å². The molecule has 1 amide bonds. The van der Waals surface area contributed by atoms with Crippen LogP contribution in [0.15, 0.2) is 71.7 Å². The highest BCUT2D eigenvalue weighted by Gasteiger charge is 2.39. The van der Waals surface area contributed by atoms with Crippen LogP contribution in [-0.4, -0.2) is 24.3 Å². The fourth-order valence-electron chi connectivity index (χ4n) is 3.71. The molecule has 1 unspecified atom stereocenters. The van der Waals surface area contributed by atoms with E-state index in [1.807, 2.05) is 0 Å². The molecule has 0 saturated carbocycles. The summed E-state index contributed by atoms with van der Waals surface area (Å²) in [5, 5.41) is 0. The highest BCUT2D eigenvalue weighted by atomic mass is 19.4. The number of carbonyl (C=O) groups is 1. The van der Waals surface area contributed by atoms with E-state index in [9.17, 15) is 39.9 Å². The van der Waals surface area contributed by atoms with Gasteiger partial charge < -0.3 is 9.47 Å². The summed E-state index contributed by atoms with van der Waals surface area (Å²) in [4.78, 5) is 18.6. The lowest BCUT2D eigenvalue weighted by Gasteiger charge is -2.25. The number of hydrogen-bond acceptors (Lipinski definition) is 4. The number of anilines is 1. The molecule has 0 aromatic heterocycles. The Kier molecular flexibility index (Phi) is 6.80. The molecule has 3 aromatic rings. The van der Waals surface area contributed by atoms with Crippen LogP contribution in [0, 0.1) is 11.6 Å². The zero-order valence-corrected chi connectivity index (χ0v) is 18.3. The highest BCUT2D eigenvalue weighted by molar-refractivity contribution is 6.46. The first-order chi connectivity index (χ1) is 17.3. The zero-order chi connectivity index (χ0) is 27.0. The first-order valence-electron chi connectivity index (χ1n) is 10.4. The molecule has 0 N–H and O–H groups in total. The molecule has 1 aliphatic rings. The van der Waals surface area contributed by atoms with Gasteiger partial charge in [0.15, 0.2) is 11.6 Å². The minimum absolute atomic E-state index is 0.0742. The average molecular weight is 530 g/mol. The molecule has 37 heavy (non-hydrogen) atoms. The second-order valence-electron chi connectivity index (χ2n) is 7.71. The van der Waals surface area contributed by atoms with E-state index in [2.05, 4.69) is 14.5 Å². The molecule has 1 heterocycles.